The van der Waals surface area contributed by atoms with E-state index in [1.54, 1.807) is 58.0 Å². The van der Waals surface area contributed by atoms with E-state index in [2.05, 4.69) is 77.7 Å². The molecule has 2 rings (SSSR count). The number of aliphatic hydroxyl groups is 2. The van der Waals surface area contributed by atoms with Crippen LogP contribution in [0.2, 0.25) is 0 Å². The zero-order valence-electron chi connectivity index (χ0n) is 70.2. The number of amides is 11. The standard InChI is InChI=1S/C80H136N16O21S2/c1-8-9-10-11-12-13-14-15-16-17-18-19-20-21-25-35-64(103)117-41-42-119-47-60(93-70(106)56(43-48(2)3)89-71(107)57(44-52-30-23-22-24-31-52)90-73(109)59(46-118)92-72(108)58(45-63(101)102)91-76(112)65(82)49(4)5)74(110)88-55(33-28-39-85-80(83)84)78(114)96-40-29-34-61(96)75(111)94-66(50(6)97)77(113)87-54(36-37-62(99)100)68(104)86-53(32-26-27-38-81)69(105)95-67(51(7)98)79(115)116/h22-24,30-31,48-51,53-61,65-67,97-98,118H,8-21,25-29,32-47,81-82H2,1-7H3,(H,86,104)(H,87,113)(H,88,110)(H,89,107)(H,90,109)(H,91,112)(H,92,108)(H,93,106)(H,94,111)(H,95,105)(H,99,100)(H,101,102)(H,115,116)(H4,83,84,85)/t50-,51-,53+,54+,55+,56+,57+,58+,59+,60+,61+,65+,66+,67+/m1/s1. The third-order valence-corrected chi connectivity index (χ3v) is 21.3. The number of unbranched alkanes of at least 4 members (excludes halogenated alkanes) is 15. The summed E-state index contributed by atoms with van der Waals surface area (Å²) in [6.07, 6.45) is 12.0. The number of thiol groups is 1. The lowest BCUT2D eigenvalue weighted by Gasteiger charge is -2.31. The number of guanidine groups is 1. The summed E-state index contributed by atoms with van der Waals surface area (Å²) in [5, 5.41) is 75.0. The molecule has 674 valence electrons. The Bertz CT molecular complexity index is 3380. The Labute approximate surface area is 708 Å². The van der Waals surface area contributed by atoms with E-state index in [0.717, 1.165) is 56.2 Å². The molecule has 1 aromatic rings. The summed E-state index contributed by atoms with van der Waals surface area (Å²) in [5.41, 5.74) is 23.5. The highest BCUT2D eigenvalue weighted by molar-refractivity contribution is 7.99. The molecule has 39 heteroatoms. The van der Waals surface area contributed by atoms with E-state index in [1.807, 2.05) is 0 Å². The second kappa shape index (κ2) is 59.7. The van der Waals surface area contributed by atoms with Crippen LogP contribution in [0.4, 0.5) is 0 Å². The van der Waals surface area contributed by atoms with Crippen LogP contribution in [0.1, 0.15) is 227 Å². The van der Waals surface area contributed by atoms with E-state index in [1.165, 1.54) is 64.2 Å². The number of esters is 1. The maximum atomic E-state index is 15.1. The summed E-state index contributed by atoms with van der Waals surface area (Å²) in [4.78, 5) is 211. The number of carboxylic acids is 3. The number of carboxylic acid groups (broad SMARTS) is 3. The highest BCUT2D eigenvalue weighted by atomic mass is 32.2. The fourth-order valence-electron chi connectivity index (χ4n) is 13.0. The van der Waals surface area contributed by atoms with Gasteiger partial charge in [-0.15, -0.1) is 0 Å². The molecule has 14 atom stereocenters. The highest BCUT2D eigenvalue weighted by Crippen LogP contribution is 2.22. The summed E-state index contributed by atoms with van der Waals surface area (Å²) in [6, 6.07) is -10.4. The Balaban J connectivity index is 2.61. The van der Waals surface area contributed by atoms with Crippen molar-refractivity contribution in [3.63, 3.8) is 0 Å². The average Bonchev–Trinajstić information content (AvgIpc) is 1.73. The predicted octanol–water partition coefficient (Wildman–Crippen LogP) is 0.933. The Kier molecular flexibility index (Phi) is 53.3. The van der Waals surface area contributed by atoms with E-state index in [9.17, 15) is 83.1 Å². The minimum absolute atomic E-state index is 0.0297. The lowest BCUT2D eigenvalue weighted by molar-refractivity contribution is -0.145. The number of aliphatic hydroxyl groups excluding tert-OH is 2. The van der Waals surface area contributed by atoms with Crippen molar-refractivity contribution < 1.29 is 102 Å². The van der Waals surface area contributed by atoms with Crippen LogP contribution in [0.3, 0.4) is 0 Å². The monoisotopic (exact) mass is 1720 g/mol. The first kappa shape index (κ1) is 106. The van der Waals surface area contributed by atoms with Crippen molar-refractivity contribution in [3.05, 3.63) is 35.9 Å². The Hall–Kier alpha value is -8.92. The van der Waals surface area contributed by atoms with Gasteiger partial charge < -0.3 is 111 Å². The molecule has 1 aromatic carbocycles. The van der Waals surface area contributed by atoms with Crippen molar-refractivity contribution in [3.8, 4) is 0 Å². The summed E-state index contributed by atoms with van der Waals surface area (Å²) in [7, 11) is 0. The molecule has 119 heavy (non-hydrogen) atoms. The number of aliphatic carboxylic acids is 3. The third-order valence-electron chi connectivity index (χ3n) is 19.9. The molecule has 1 fully saturated rings. The average molecular weight is 1720 g/mol. The number of hydrogen-bond acceptors (Lipinski definition) is 23. The van der Waals surface area contributed by atoms with Gasteiger partial charge in [-0.2, -0.15) is 24.4 Å². The Morgan fingerprint density at radius 1 is 0.538 bits per heavy atom. The molecule has 37 nitrogen and oxygen atoms in total. The van der Waals surface area contributed by atoms with Gasteiger partial charge in [0.25, 0.3) is 0 Å². The van der Waals surface area contributed by atoms with Gasteiger partial charge in [0.1, 0.15) is 67.0 Å². The number of benzene rings is 1. The van der Waals surface area contributed by atoms with Crippen LogP contribution in [0.15, 0.2) is 35.3 Å². The van der Waals surface area contributed by atoms with Gasteiger partial charge in [-0.05, 0) is 102 Å². The van der Waals surface area contributed by atoms with E-state index < -0.39 is 204 Å². The van der Waals surface area contributed by atoms with Crippen molar-refractivity contribution in [1.82, 2.24) is 58.1 Å². The number of carbonyl (C=O) groups is 15. The van der Waals surface area contributed by atoms with Gasteiger partial charge in [-0.1, -0.05) is 155 Å². The molecule has 1 heterocycles. The summed E-state index contributed by atoms with van der Waals surface area (Å²) in [6.45, 7) is 11.1. The lowest BCUT2D eigenvalue weighted by Crippen LogP contribution is -2.62. The van der Waals surface area contributed by atoms with E-state index >= 15 is 14.4 Å². The predicted molar refractivity (Wildman–Crippen MR) is 451 cm³/mol. The number of carbonyl (C=O) groups excluding carboxylic acids is 12. The number of nitrogens with zero attached hydrogens (tertiary/aromatic N) is 2. The molecule has 1 saturated heterocycles. The molecular weight excluding hydrogens is 1590 g/mol. The molecule has 0 spiro atoms. The molecule has 23 N–H and O–H groups in total. The Morgan fingerprint density at radius 3 is 1.57 bits per heavy atom. The maximum absolute atomic E-state index is 15.1. The number of ether oxygens (including phenoxy) is 1. The largest absolute Gasteiger partial charge is 0.481 e. The fraction of sp³-hybridized carbons (Fsp3) is 0.725. The summed E-state index contributed by atoms with van der Waals surface area (Å²) < 4.78 is 5.59. The van der Waals surface area contributed by atoms with Crippen LogP contribution in [0.25, 0.3) is 0 Å². The second-order valence-electron chi connectivity index (χ2n) is 31.0. The molecule has 0 unspecified atom stereocenters. The smallest absolute Gasteiger partial charge is 0.328 e. The van der Waals surface area contributed by atoms with E-state index in [-0.39, 0.29) is 107 Å². The SMILES string of the molecule is CCCCCCCCCCCCCCCCCC(=O)OCCSC[C@H](NC(=O)[C@H](CC(C)C)NC(=O)[C@H](Cc1ccccc1)NC(=O)[C@H](CS)NC(=O)[C@H](CC(=O)O)NC(=O)[C@@H](N)C(C)C)C(=O)N[C@@H](CCCN=C(N)N)C(=O)N1CCC[C@H]1C(=O)N[C@H](C(=O)N[C@@H](CCC(=O)O)C(=O)N[C@@H](CCCCN)C(=O)N[C@H](C(=O)O)[C@@H](C)O)[C@@H](C)O. The van der Waals surface area contributed by atoms with Crippen LogP contribution < -0.4 is 76.1 Å². The van der Waals surface area contributed by atoms with Crippen LogP contribution in [-0.2, 0) is 83.1 Å². The molecular formula is C80H136N16O21S2. The number of aliphatic imine (C=N–C) groups is 1. The quantitative estimate of drug-likeness (QED) is 0.0142. The topological polar surface area (TPSA) is 606 Å². The molecule has 0 saturated carbocycles. The minimum Gasteiger partial charge on any atom is -0.481 e. The van der Waals surface area contributed by atoms with Crippen molar-refractivity contribution >= 4 is 119 Å². The van der Waals surface area contributed by atoms with Gasteiger partial charge in [0.15, 0.2) is 12.0 Å². The molecule has 0 bridgehead atoms. The van der Waals surface area contributed by atoms with E-state index in [4.69, 9.17) is 27.7 Å². The number of rotatable bonds is 64. The second-order valence-corrected chi connectivity index (χ2v) is 32.5. The number of nitrogens with two attached hydrogens (primary N) is 4. The molecule has 0 radical (unpaired) electrons. The summed E-state index contributed by atoms with van der Waals surface area (Å²) in [5.74, 6) is -17.4. The number of hydrogen-bond donors (Lipinski definition) is 20. The zero-order chi connectivity index (χ0) is 89.1. The lowest BCUT2D eigenvalue weighted by atomic mass is 10.0. The minimum atomic E-state index is -1.91. The fourth-order valence-corrected chi connectivity index (χ4v) is 14.1. The number of nitrogens with one attached hydrogen (secondary N) is 10. The van der Waals surface area contributed by atoms with Gasteiger partial charge in [0, 0.05) is 49.6 Å². The Morgan fingerprint density at radius 2 is 1.03 bits per heavy atom. The molecule has 11 amide bonds. The van der Waals surface area contributed by atoms with Gasteiger partial charge in [-0.25, -0.2) is 4.79 Å². The van der Waals surface area contributed by atoms with Gasteiger partial charge in [-0.3, -0.25) is 72.1 Å². The van der Waals surface area contributed by atoms with Gasteiger partial charge in [0.05, 0.1) is 24.7 Å². The molecule has 1 aliphatic heterocycles. The molecule has 0 aliphatic carbocycles. The van der Waals surface area contributed by atoms with Crippen molar-refractivity contribution in [1.29, 1.82) is 0 Å². The highest BCUT2D eigenvalue weighted by Gasteiger charge is 2.42. The van der Waals surface area contributed by atoms with Crippen LogP contribution in [0.5, 0.6) is 0 Å². The van der Waals surface area contributed by atoms with Crippen LogP contribution >= 0.6 is 24.4 Å². The van der Waals surface area contributed by atoms with Crippen molar-refractivity contribution in [2.75, 3.05) is 43.5 Å². The first-order chi connectivity index (χ1) is 56.5. The molecule has 1 aliphatic rings. The van der Waals surface area contributed by atoms with Crippen molar-refractivity contribution in [2.24, 2.45) is 39.8 Å². The van der Waals surface area contributed by atoms with Crippen molar-refractivity contribution in [2.45, 2.75) is 313 Å². The first-order valence-corrected chi connectivity index (χ1v) is 43.5. The van der Waals surface area contributed by atoms with Gasteiger partial charge in [0.2, 0.25) is 65.0 Å². The normalized spacial score (nSPS) is 15.8. The third kappa shape index (κ3) is 43.7. The number of likely N-dealkylation sites (tertiary alicyclic amines) is 1. The van der Waals surface area contributed by atoms with E-state index in [0.29, 0.717) is 18.4 Å². The van der Waals surface area contributed by atoms with Crippen LogP contribution in [-0.4, -0.2) is 253 Å². The van der Waals surface area contributed by atoms with Crippen LogP contribution in [0, 0.1) is 11.8 Å². The number of thioether (sulfide) groups is 1. The zero-order valence-corrected chi connectivity index (χ0v) is 71.9. The molecule has 0 aromatic heterocycles. The maximum Gasteiger partial charge on any atom is 0.328 e. The summed E-state index contributed by atoms with van der Waals surface area (Å²) >= 11 is 5.36. The van der Waals surface area contributed by atoms with Gasteiger partial charge >= 0.3 is 23.9 Å². The first-order valence-electron chi connectivity index (χ1n) is 41.7.